The van der Waals surface area contributed by atoms with Crippen molar-refractivity contribution in [1.29, 1.82) is 0 Å². The third kappa shape index (κ3) is 4.95. The Morgan fingerprint density at radius 2 is 1.70 bits per heavy atom. The predicted octanol–water partition coefficient (Wildman–Crippen LogP) is 5.66. The lowest BCUT2D eigenvalue weighted by atomic mass is 9.62. The molecule has 2 aliphatic rings. The third-order valence-corrected chi connectivity index (χ3v) is 8.39. The maximum atomic E-state index is 14.6. The first kappa shape index (κ1) is 26.1. The summed E-state index contributed by atoms with van der Waals surface area (Å²) in [6.45, 7) is 0.577. The second-order valence-corrected chi connectivity index (χ2v) is 11.0. The molecule has 4 aromatic rings. The molecular formula is C32H33N5O2S. The highest BCUT2D eigenvalue weighted by atomic mass is 32.1. The average molecular weight is 552 g/mol. The van der Waals surface area contributed by atoms with Crippen LogP contribution in [0.15, 0.2) is 83.7 Å². The van der Waals surface area contributed by atoms with E-state index in [2.05, 4.69) is 34.4 Å². The van der Waals surface area contributed by atoms with Crippen LogP contribution in [0.4, 0.5) is 5.95 Å². The van der Waals surface area contributed by atoms with Gasteiger partial charge in [0.05, 0.1) is 24.1 Å². The Labute approximate surface area is 239 Å². The predicted molar refractivity (Wildman–Crippen MR) is 163 cm³/mol. The lowest BCUT2D eigenvalue weighted by Gasteiger charge is -2.42. The van der Waals surface area contributed by atoms with Crippen LogP contribution in [-0.2, 0) is 18.4 Å². The second-order valence-electron chi connectivity index (χ2n) is 10.6. The summed E-state index contributed by atoms with van der Waals surface area (Å²) in [6.07, 6.45) is 6.29. The summed E-state index contributed by atoms with van der Waals surface area (Å²) >= 11 is 5.54. The molecule has 0 aliphatic heterocycles. The van der Waals surface area contributed by atoms with Crippen molar-refractivity contribution in [2.45, 2.75) is 50.5 Å². The summed E-state index contributed by atoms with van der Waals surface area (Å²) in [7, 11) is 1.63. The molecule has 1 spiro atoms. The van der Waals surface area contributed by atoms with E-state index in [0.717, 1.165) is 60.2 Å². The Morgan fingerprint density at radius 3 is 2.45 bits per heavy atom. The standard InChI is InChI=1S/C32H33N5O2S/c1-39-25-16-14-24(15-17-25)37-29(38)27-28(26-13-7-6-12-23(26)20-32(27)18-8-3-9-19-32)34-30(37)35-36-31(40)33-21-22-10-4-2-5-11-22/h2,4-7,10-17H,3,8-9,18-21H2,1H3,(H,34,35)(H2,33,36,40). The molecule has 3 N–H and O–H groups in total. The van der Waals surface area contributed by atoms with Gasteiger partial charge in [0.15, 0.2) is 5.11 Å². The Morgan fingerprint density at radius 1 is 0.975 bits per heavy atom. The van der Waals surface area contributed by atoms with Crippen LogP contribution >= 0.6 is 12.2 Å². The van der Waals surface area contributed by atoms with E-state index in [1.807, 2.05) is 60.7 Å². The van der Waals surface area contributed by atoms with Gasteiger partial charge in [-0.1, -0.05) is 73.9 Å². The van der Waals surface area contributed by atoms with Crippen LogP contribution in [0.25, 0.3) is 16.9 Å². The fourth-order valence-electron chi connectivity index (χ4n) is 6.20. The van der Waals surface area contributed by atoms with E-state index in [-0.39, 0.29) is 11.0 Å². The molecule has 8 heteroatoms. The lowest BCUT2D eigenvalue weighted by molar-refractivity contribution is 0.284. The van der Waals surface area contributed by atoms with Gasteiger partial charge < -0.3 is 10.1 Å². The number of ether oxygens (including phenoxy) is 1. The molecule has 6 rings (SSSR count). The van der Waals surface area contributed by atoms with Crippen molar-refractivity contribution >= 4 is 23.3 Å². The largest absolute Gasteiger partial charge is 0.497 e. The molecule has 0 bridgehead atoms. The highest BCUT2D eigenvalue weighted by Gasteiger charge is 2.43. The van der Waals surface area contributed by atoms with Crippen molar-refractivity contribution < 1.29 is 4.74 Å². The topological polar surface area (TPSA) is 80.2 Å². The molecule has 7 nitrogen and oxygen atoms in total. The first-order valence-electron chi connectivity index (χ1n) is 13.8. The van der Waals surface area contributed by atoms with Gasteiger partial charge in [-0.25, -0.2) is 9.55 Å². The monoisotopic (exact) mass is 551 g/mol. The van der Waals surface area contributed by atoms with E-state index in [4.69, 9.17) is 21.9 Å². The Balaban J connectivity index is 1.43. The molecule has 1 heterocycles. The molecule has 3 aromatic carbocycles. The van der Waals surface area contributed by atoms with Crippen LogP contribution in [0.3, 0.4) is 0 Å². The normalized spacial score (nSPS) is 15.0. The first-order chi connectivity index (χ1) is 19.6. The molecule has 1 fully saturated rings. The number of fused-ring (bicyclic) bond motifs is 4. The molecule has 2 aliphatic carbocycles. The number of benzene rings is 3. The fourth-order valence-corrected chi connectivity index (χ4v) is 6.32. The van der Waals surface area contributed by atoms with Crippen molar-refractivity contribution in [2.75, 3.05) is 12.5 Å². The second kappa shape index (κ2) is 11.1. The van der Waals surface area contributed by atoms with Crippen LogP contribution in [0.1, 0.15) is 48.8 Å². The van der Waals surface area contributed by atoms with E-state index < -0.39 is 0 Å². The minimum absolute atomic E-state index is 0.0426. The van der Waals surface area contributed by atoms with Gasteiger partial charge >= 0.3 is 0 Å². The molecule has 204 valence electrons. The van der Waals surface area contributed by atoms with Crippen LogP contribution in [0.5, 0.6) is 5.75 Å². The molecule has 0 amide bonds. The number of anilines is 1. The number of rotatable bonds is 6. The molecular weight excluding hydrogens is 518 g/mol. The number of nitrogens with one attached hydrogen (secondary N) is 3. The number of methoxy groups -OCH3 is 1. The van der Waals surface area contributed by atoms with Crippen LogP contribution in [-0.4, -0.2) is 21.8 Å². The zero-order valence-electron chi connectivity index (χ0n) is 22.6. The minimum atomic E-state index is -0.210. The minimum Gasteiger partial charge on any atom is -0.497 e. The quantitative estimate of drug-likeness (QED) is 0.211. The first-order valence-corrected chi connectivity index (χ1v) is 14.2. The number of hydrogen-bond acceptors (Lipinski definition) is 5. The summed E-state index contributed by atoms with van der Waals surface area (Å²) in [4.78, 5) is 19.7. The lowest BCUT2D eigenvalue weighted by Crippen LogP contribution is -2.44. The van der Waals surface area contributed by atoms with Gasteiger partial charge in [-0.2, -0.15) is 0 Å². The third-order valence-electron chi connectivity index (χ3n) is 8.14. The summed E-state index contributed by atoms with van der Waals surface area (Å²) in [5, 5.41) is 3.61. The maximum absolute atomic E-state index is 14.6. The summed E-state index contributed by atoms with van der Waals surface area (Å²) in [5.41, 5.74) is 11.7. The van der Waals surface area contributed by atoms with Crippen molar-refractivity contribution in [3.63, 3.8) is 0 Å². The SMILES string of the molecule is COc1ccc(-n2c(NNC(=S)NCc3ccccc3)nc3c(c2=O)C2(CCCCC2)Cc2ccccc2-3)cc1. The van der Waals surface area contributed by atoms with Gasteiger partial charge in [0.25, 0.3) is 5.56 Å². The van der Waals surface area contributed by atoms with Crippen molar-refractivity contribution in [2.24, 2.45) is 0 Å². The van der Waals surface area contributed by atoms with E-state index in [0.29, 0.717) is 23.3 Å². The van der Waals surface area contributed by atoms with E-state index >= 15 is 0 Å². The number of thiocarbonyl (C=S) groups is 1. The molecule has 0 atom stereocenters. The molecule has 1 saturated carbocycles. The summed E-state index contributed by atoms with van der Waals surface area (Å²) in [6, 6.07) is 25.9. The van der Waals surface area contributed by atoms with Crippen LogP contribution in [0.2, 0.25) is 0 Å². The van der Waals surface area contributed by atoms with Gasteiger partial charge in [-0.3, -0.25) is 15.6 Å². The zero-order valence-corrected chi connectivity index (χ0v) is 23.4. The fraction of sp³-hybridized carbons (Fsp3) is 0.281. The molecule has 0 unspecified atom stereocenters. The van der Waals surface area contributed by atoms with E-state index in [9.17, 15) is 4.79 Å². The maximum Gasteiger partial charge on any atom is 0.263 e. The number of nitrogens with zero attached hydrogens (tertiary/aromatic N) is 2. The van der Waals surface area contributed by atoms with E-state index in [1.165, 1.54) is 12.0 Å². The van der Waals surface area contributed by atoms with E-state index in [1.54, 1.807) is 11.7 Å². The van der Waals surface area contributed by atoms with Gasteiger partial charge in [0.1, 0.15) is 5.75 Å². The van der Waals surface area contributed by atoms with Gasteiger partial charge in [-0.05, 0) is 66.9 Å². The molecule has 0 radical (unpaired) electrons. The van der Waals surface area contributed by atoms with Crippen LogP contribution in [0, 0.1) is 0 Å². The van der Waals surface area contributed by atoms with Crippen molar-refractivity contribution in [1.82, 2.24) is 20.3 Å². The number of hydrazine groups is 1. The number of hydrogen-bond donors (Lipinski definition) is 3. The molecule has 0 saturated heterocycles. The highest BCUT2D eigenvalue weighted by molar-refractivity contribution is 7.80. The van der Waals surface area contributed by atoms with Gasteiger partial charge in [0.2, 0.25) is 5.95 Å². The summed E-state index contributed by atoms with van der Waals surface area (Å²) in [5.74, 6) is 1.10. The van der Waals surface area contributed by atoms with Gasteiger partial charge in [0, 0.05) is 17.5 Å². The van der Waals surface area contributed by atoms with Gasteiger partial charge in [-0.15, -0.1) is 0 Å². The van der Waals surface area contributed by atoms with Crippen molar-refractivity contribution in [3.05, 3.63) is 106 Å². The smallest absolute Gasteiger partial charge is 0.263 e. The Kier molecular flexibility index (Phi) is 7.26. The molecule has 1 aromatic heterocycles. The summed E-state index contributed by atoms with van der Waals surface area (Å²) < 4.78 is 7.03. The van der Waals surface area contributed by atoms with Crippen LogP contribution < -0.4 is 26.5 Å². The van der Waals surface area contributed by atoms with Crippen molar-refractivity contribution in [3.8, 4) is 22.7 Å². The average Bonchev–Trinajstić information content (AvgIpc) is 3.00. The zero-order chi connectivity index (χ0) is 27.5. The Bertz CT molecular complexity index is 1580. The molecule has 40 heavy (non-hydrogen) atoms. The highest BCUT2D eigenvalue weighted by Crippen LogP contribution is 2.48. The number of aromatic nitrogens is 2. The Hall–Kier alpha value is -4.17.